The number of benzene rings is 1. The first kappa shape index (κ1) is 21.7. The molecule has 3 amide bonds. The highest BCUT2D eigenvalue weighted by molar-refractivity contribution is 7.99. The van der Waals surface area contributed by atoms with Gasteiger partial charge in [-0.2, -0.15) is 0 Å². The summed E-state index contributed by atoms with van der Waals surface area (Å²) in [6.07, 6.45) is 1.94. The fourth-order valence-electron chi connectivity index (χ4n) is 3.85. The maximum absolute atomic E-state index is 13.2. The quantitative estimate of drug-likeness (QED) is 0.816. The molecule has 1 N–H and O–H groups in total. The van der Waals surface area contributed by atoms with E-state index in [2.05, 4.69) is 5.32 Å². The molecule has 7 heteroatoms. The van der Waals surface area contributed by atoms with E-state index >= 15 is 0 Å². The molecule has 0 aliphatic carbocycles. The molecule has 2 atom stereocenters. The van der Waals surface area contributed by atoms with Crippen molar-refractivity contribution in [2.24, 2.45) is 5.92 Å². The summed E-state index contributed by atoms with van der Waals surface area (Å²) in [5.41, 5.74) is 0.658. The van der Waals surface area contributed by atoms with Crippen LogP contribution < -0.4 is 5.32 Å². The average Bonchev–Trinajstić information content (AvgIpc) is 3.17. The van der Waals surface area contributed by atoms with Crippen LogP contribution in [0.15, 0.2) is 30.3 Å². The molecule has 29 heavy (non-hydrogen) atoms. The monoisotopic (exact) mass is 417 g/mol. The zero-order valence-corrected chi connectivity index (χ0v) is 18.3. The van der Waals surface area contributed by atoms with Gasteiger partial charge in [-0.1, -0.05) is 30.3 Å². The highest BCUT2D eigenvalue weighted by Crippen LogP contribution is 2.27. The minimum absolute atomic E-state index is 0.00118. The van der Waals surface area contributed by atoms with Gasteiger partial charge in [0.1, 0.15) is 6.04 Å². The van der Waals surface area contributed by atoms with Crippen molar-refractivity contribution in [3.05, 3.63) is 35.9 Å². The third-order valence-electron chi connectivity index (χ3n) is 5.29. The van der Waals surface area contributed by atoms with Gasteiger partial charge in [0.05, 0.1) is 18.2 Å². The Hall–Kier alpha value is -2.02. The SMILES string of the molecule is CC(C)(C)NC(=O)C1CSCN1C(=O)C1CCCN(C(=O)Cc2ccccc2)C1. The fraction of sp³-hybridized carbons (Fsp3) is 0.591. The van der Waals surface area contributed by atoms with Crippen LogP contribution in [0.2, 0.25) is 0 Å². The first-order chi connectivity index (χ1) is 13.7. The number of amides is 3. The third-order valence-corrected chi connectivity index (χ3v) is 6.30. The van der Waals surface area contributed by atoms with Crippen LogP contribution in [-0.4, -0.2) is 63.8 Å². The Labute approximate surface area is 177 Å². The zero-order valence-electron chi connectivity index (χ0n) is 17.5. The van der Waals surface area contributed by atoms with Crippen molar-refractivity contribution in [2.75, 3.05) is 24.7 Å². The largest absolute Gasteiger partial charge is 0.350 e. The van der Waals surface area contributed by atoms with E-state index < -0.39 is 6.04 Å². The molecular weight excluding hydrogens is 386 g/mol. The van der Waals surface area contributed by atoms with Crippen molar-refractivity contribution in [1.29, 1.82) is 0 Å². The van der Waals surface area contributed by atoms with Crippen LogP contribution in [-0.2, 0) is 20.8 Å². The molecule has 2 aliphatic heterocycles. The number of likely N-dealkylation sites (tertiary alicyclic amines) is 1. The van der Waals surface area contributed by atoms with Crippen molar-refractivity contribution in [3.63, 3.8) is 0 Å². The Morgan fingerprint density at radius 2 is 1.90 bits per heavy atom. The van der Waals surface area contributed by atoms with Crippen LogP contribution in [0, 0.1) is 5.92 Å². The summed E-state index contributed by atoms with van der Waals surface area (Å²) in [6.45, 7) is 6.96. The second kappa shape index (κ2) is 9.20. The highest BCUT2D eigenvalue weighted by atomic mass is 32.2. The van der Waals surface area contributed by atoms with Gasteiger partial charge in [0, 0.05) is 24.4 Å². The van der Waals surface area contributed by atoms with E-state index in [4.69, 9.17) is 0 Å². The number of carbonyl (C=O) groups excluding carboxylic acids is 3. The summed E-state index contributed by atoms with van der Waals surface area (Å²) in [4.78, 5) is 42.1. The number of hydrogen-bond acceptors (Lipinski definition) is 4. The molecule has 0 spiro atoms. The van der Waals surface area contributed by atoms with Crippen molar-refractivity contribution in [3.8, 4) is 0 Å². The number of piperidine rings is 1. The Morgan fingerprint density at radius 3 is 2.59 bits per heavy atom. The minimum Gasteiger partial charge on any atom is -0.350 e. The van der Waals surface area contributed by atoms with Crippen LogP contribution in [0.5, 0.6) is 0 Å². The van der Waals surface area contributed by atoms with Crippen molar-refractivity contribution in [1.82, 2.24) is 15.1 Å². The van der Waals surface area contributed by atoms with E-state index in [1.54, 1.807) is 16.7 Å². The number of thioether (sulfide) groups is 1. The number of carbonyl (C=O) groups is 3. The molecular formula is C22H31N3O3S. The predicted molar refractivity (Wildman–Crippen MR) is 115 cm³/mol. The minimum atomic E-state index is -0.429. The van der Waals surface area contributed by atoms with Gasteiger partial charge in [-0.3, -0.25) is 14.4 Å². The van der Waals surface area contributed by atoms with Gasteiger partial charge in [0.15, 0.2) is 0 Å². The van der Waals surface area contributed by atoms with E-state index in [-0.39, 0.29) is 29.2 Å². The predicted octanol–water partition coefficient (Wildman–Crippen LogP) is 2.28. The van der Waals surface area contributed by atoms with Gasteiger partial charge in [-0.25, -0.2) is 0 Å². The van der Waals surface area contributed by atoms with Gasteiger partial charge in [-0.15, -0.1) is 11.8 Å². The fourth-order valence-corrected chi connectivity index (χ4v) is 5.02. The summed E-state index contributed by atoms with van der Waals surface area (Å²) in [6, 6.07) is 9.26. The Kier molecular flexibility index (Phi) is 6.88. The summed E-state index contributed by atoms with van der Waals surface area (Å²) in [5.74, 6) is 0.899. The number of nitrogens with one attached hydrogen (secondary N) is 1. The summed E-state index contributed by atoms with van der Waals surface area (Å²) < 4.78 is 0. The Balaban J connectivity index is 1.61. The second-order valence-corrected chi connectivity index (χ2v) is 9.90. The van der Waals surface area contributed by atoms with E-state index in [1.807, 2.05) is 56.0 Å². The van der Waals surface area contributed by atoms with Gasteiger partial charge in [0.2, 0.25) is 17.7 Å². The molecule has 1 aromatic carbocycles. The Bertz CT molecular complexity index is 747. The normalized spacial score (nSPS) is 22.4. The molecule has 2 heterocycles. The van der Waals surface area contributed by atoms with Crippen LogP contribution in [0.25, 0.3) is 0 Å². The van der Waals surface area contributed by atoms with Gasteiger partial charge in [0.25, 0.3) is 0 Å². The molecule has 0 bridgehead atoms. The molecule has 1 aromatic rings. The zero-order chi connectivity index (χ0) is 21.0. The van der Waals surface area contributed by atoms with E-state index in [9.17, 15) is 14.4 Å². The standard InChI is InChI=1S/C22H31N3O3S/c1-22(2,3)23-20(27)18-14-29-15-25(18)21(28)17-10-7-11-24(13-17)19(26)12-16-8-5-4-6-9-16/h4-6,8-9,17-18H,7,10-15H2,1-3H3,(H,23,27). The molecule has 2 aliphatic rings. The third kappa shape index (κ3) is 5.75. The van der Waals surface area contributed by atoms with Crippen molar-refractivity contribution < 1.29 is 14.4 Å². The molecule has 2 fully saturated rings. The maximum atomic E-state index is 13.2. The van der Waals surface area contributed by atoms with Crippen molar-refractivity contribution in [2.45, 2.75) is 51.6 Å². The van der Waals surface area contributed by atoms with Crippen LogP contribution in [0.3, 0.4) is 0 Å². The van der Waals surface area contributed by atoms with Crippen LogP contribution >= 0.6 is 11.8 Å². The molecule has 3 rings (SSSR count). The molecule has 6 nitrogen and oxygen atoms in total. The van der Waals surface area contributed by atoms with Crippen LogP contribution in [0.4, 0.5) is 0 Å². The summed E-state index contributed by atoms with van der Waals surface area (Å²) in [5, 5.41) is 2.99. The van der Waals surface area contributed by atoms with E-state index in [0.29, 0.717) is 31.1 Å². The number of hydrogen-bond donors (Lipinski definition) is 1. The summed E-state index contributed by atoms with van der Waals surface area (Å²) in [7, 11) is 0. The lowest BCUT2D eigenvalue weighted by Crippen LogP contribution is -2.54. The lowest BCUT2D eigenvalue weighted by molar-refractivity contribution is -0.145. The first-order valence-corrected chi connectivity index (χ1v) is 11.4. The highest BCUT2D eigenvalue weighted by Gasteiger charge is 2.40. The smallest absolute Gasteiger partial charge is 0.244 e. The molecule has 158 valence electrons. The summed E-state index contributed by atoms with van der Waals surface area (Å²) >= 11 is 1.61. The molecule has 2 unspecified atom stereocenters. The van der Waals surface area contributed by atoms with Gasteiger partial charge < -0.3 is 15.1 Å². The van der Waals surface area contributed by atoms with Gasteiger partial charge >= 0.3 is 0 Å². The molecule has 0 aromatic heterocycles. The second-order valence-electron chi connectivity index (χ2n) is 8.90. The molecule has 0 radical (unpaired) electrons. The Morgan fingerprint density at radius 1 is 1.17 bits per heavy atom. The van der Waals surface area contributed by atoms with Crippen molar-refractivity contribution >= 4 is 29.5 Å². The lowest BCUT2D eigenvalue weighted by atomic mass is 9.95. The van der Waals surface area contributed by atoms with E-state index in [1.165, 1.54) is 0 Å². The lowest BCUT2D eigenvalue weighted by Gasteiger charge is -2.35. The van der Waals surface area contributed by atoms with Crippen LogP contribution in [0.1, 0.15) is 39.2 Å². The molecule has 2 saturated heterocycles. The number of rotatable bonds is 4. The maximum Gasteiger partial charge on any atom is 0.244 e. The van der Waals surface area contributed by atoms with Gasteiger partial charge in [-0.05, 0) is 39.2 Å². The molecule has 0 saturated carbocycles. The number of nitrogens with zero attached hydrogens (tertiary/aromatic N) is 2. The first-order valence-electron chi connectivity index (χ1n) is 10.3. The topological polar surface area (TPSA) is 69.7 Å². The van der Waals surface area contributed by atoms with E-state index in [0.717, 1.165) is 18.4 Å². The average molecular weight is 418 g/mol.